The van der Waals surface area contributed by atoms with Crippen LogP contribution in [0.3, 0.4) is 0 Å². The monoisotopic (exact) mass is 296 g/mol. The fourth-order valence-corrected chi connectivity index (χ4v) is 2.26. The minimum atomic E-state index is -0.000495. The van der Waals surface area contributed by atoms with Gasteiger partial charge in [-0.25, -0.2) is 4.98 Å². The molecule has 0 atom stereocenters. The third-order valence-electron chi connectivity index (χ3n) is 2.33. The third-order valence-corrected chi connectivity index (χ3v) is 3.60. The molecule has 1 aromatic heterocycles. The molecule has 2 rings (SSSR count). The van der Waals surface area contributed by atoms with Crippen molar-refractivity contribution in [1.29, 1.82) is 0 Å². The highest BCUT2D eigenvalue weighted by Gasteiger charge is 2.03. The maximum absolute atomic E-state index is 11.6. The first kappa shape index (κ1) is 13.9. The number of aromatic amines is 1. The number of H-pyrrole nitrogens is 1. The van der Waals surface area contributed by atoms with Crippen molar-refractivity contribution in [3.63, 3.8) is 0 Å². The maximum atomic E-state index is 11.6. The predicted octanol–water partition coefficient (Wildman–Crippen LogP) is 1.91. The summed E-state index contributed by atoms with van der Waals surface area (Å²) in [6.45, 7) is 0.551. The van der Waals surface area contributed by atoms with Crippen LogP contribution in [-0.2, 0) is 11.2 Å². The normalized spacial score (nSPS) is 10.4. The van der Waals surface area contributed by atoms with E-state index < -0.39 is 0 Å². The van der Waals surface area contributed by atoms with Crippen LogP contribution in [0.4, 0.5) is 0 Å². The summed E-state index contributed by atoms with van der Waals surface area (Å²) in [4.78, 5) is 16.6. The summed E-state index contributed by atoms with van der Waals surface area (Å²) in [7, 11) is 0. The number of hydrogen-bond acceptors (Lipinski definition) is 4. The SMILES string of the molecule is O=C(CSc1ccc(Cl)cc1)NCCc1ncn[nH]1. The van der Waals surface area contributed by atoms with Crippen molar-refractivity contribution in [3.8, 4) is 0 Å². The van der Waals surface area contributed by atoms with Gasteiger partial charge in [0.2, 0.25) is 5.91 Å². The molecule has 5 nitrogen and oxygen atoms in total. The smallest absolute Gasteiger partial charge is 0.230 e. The zero-order chi connectivity index (χ0) is 13.5. The number of amides is 1. The van der Waals surface area contributed by atoms with Crippen molar-refractivity contribution in [1.82, 2.24) is 20.5 Å². The molecule has 7 heteroatoms. The van der Waals surface area contributed by atoms with E-state index in [4.69, 9.17) is 11.6 Å². The van der Waals surface area contributed by atoms with Gasteiger partial charge in [-0.3, -0.25) is 9.89 Å². The number of nitrogens with zero attached hydrogens (tertiary/aromatic N) is 2. The number of thioether (sulfide) groups is 1. The van der Waals surface area contributed by atoms with Crippen LogP contribution in [-0.4, -0.2) is 33.4 Å². The summed E-state index contributed by atoms with van der Waals surface area (Å²) < 4.78 is 0. The first-order valence-corrected chi connectivity index (χ1v) is 7.10. The highest BCUT2D eigenvalue weighted by atomic mass is 35.5. The number of carbonyl (C=O) groups excluding carboxylic acids is 1. The van der Waals surface area contributed by atoms with Gasteiger partial charge in [0.15, 0.2) is 0 Å². The Kier molecular flexibility index (Phi) is 5.23. The lowest BCUT2D eigenvalue weighted by Crippen LogP contribution is -2.27. The van der Waals surface area contributed by atoms with E-state index in [9.17, 15) is 4.79 Å². The summed E-state index contributed by atoms with van der Waals surface area (Å²) in [5.41, 5.74) is 0. The molecule has 0 fully saturated rings. The van der Waals surface area contributed by atoms with E-state index in [1.807, 2.05) is 24.3 Å². The van der Waals surface area contributed by atoms with Gasteiger partial charge in [0.25, 0.3) is 0 Å². The molecular formula is C12H13ClN4OS. The zero-order valence-corrected chi connectivity index (χ0v) is 11.7. The highest BCUT2D eigenvalue weighted by Crippen LogP contribution is 2.19. The standard InChI is InChI=1S/C12H13ClN4OS/c13-9-1-3-10(4-2-9)19-7-12(18)14-6-5-11-15-8-16-17-11/h1-4,8H,5-7H2,(H,14,18)(H,15,16,17). The Labute approximate surface area is 120 Å². The van der Waals surface area contributed by atoms with Crippen LogP contribution in [0.2, 0.25) is 5.02 Å². The third kappa shape index (κ3) is 4.92. The number of aromatic nitrogens is 3. The zero-order valence-electron chi connectivity index (χ0n) is 10.1. The van der Waals surface area contributed by atoms with E-state index in [0.717, 1.165) is 10.7 Å². The fourth-order valence-electron chi connectivity index (χ4n) is 1.40. The van der Waals surface area contributed by atoms with Crippen LogP contribution in [0.15, 0.2) is 35.5 Å². The van der Waals surface area contributed by atoms with Crippen molar-refractivity contribution in [2.75, 3.05) is 12.3 Å². The quantitative estimate of drug-likeness (QED) is 0.799. The van der Waals surface area contributed by atoms with E-state index in [1.165, 1.54) is 18.1 Å². The van der Waals surface area contributed by atoms with E-state index in [2.05, 4.69) is 20.5 Å². The number of carbonyl (C=O) groups is 1. The van der Waals surface area contributed by atoms with Gasteiger partial charge in [-0.2, -0.15) is 5.10 Å². The van der Waals surface area contributed by atoms with E-state index in [1.54, 1.807) is 0 Å². The molecule has 0 aliphatic heterocycles. The summed E-state index contributed by atoms with van der Waals surface area (Å²) in [5.74, 6) is 1.16. The number of hydrogen-bond donors (Lipinski definition) is 2. The largest absolute Gasteiger partial charge is 0.355 e. The van der Waals surface area contributed by atoms with Gasteiger partial charge in [0.05, 0.1) is 5.75 Å². The predicted molar refractivity (Wildman–Crippen MR) is 75.3 cm³/mol. The summed E-state index contributed by atoms with van der Waals surface area (Å²) in [6.07, 6.45) is 2.10. The lowest BCUT2D eigenvalue weighted by atomic mass is 10.4. The van der Waals surface area contributed by atoms with Crippen LogP contribution in [0, 0.1) is 0 Å². The van der Waals surface area contributed by atoms with Gasteiger partial charge in [-0.15, -0.1) is 11.8 Å². The molecule has 0 aliphatic rings. The fraction of sp³-hybridized carbons (Fsp3) is 0.250. The maximum Gasteiger partial charge on any atom is 0.230 e. The number of halogens is 1. The van der Waals surface area contributed by atoms with Crippen LogP contribution in [0.25, 0.3) is 0 Å². The molecule has 0 radical (unpaired) electrons. The molecule has 19 heavy (non-hydrogen) atoms. The molecule has 1 amide bonds. The van der Waals surface area contributed by atoms with Crippen LogP contribution in [0.1, 0.15) is 5.82 Å². The minimum absolute atomic E-state index is 0.000495. The molecule has 0 unspecified atom stereocenters. The number of nitrogens with one attached hydrogen (secondary N) is 2. The lowest BCUT2D eigenvalue weighted by Gasteiger charge is -2.04. The van der Waals surface area contributed by atoms with Crippen LogP contribution < -0.4 is 5.32 Å². The molecular weight excluding hydrogens is 284 g/mol. The molecule has 1 heterocycles. The molecule has 100 valence electrons. The van der Waals surface area contributed by atoms with Gasteiger partial charge in [0.1, 0.15) is 12.2 Å². The van der Waals surface area contributed by atoms with Crippen LogP contribution in [0.5, 0.6) is 0 Å². The summed E-state index contributed by atoms with van der Waals surface area (Å²) in [5, 5.41) is 10.0. The van der Waals surface area contributed by atoms with Gasteiger partial charge in [-0.05, 0) is 24.3 Å². The second-order valence-corrected chi connectivity index (χ2v) is 5.26. The Morgan fingerprint density at radius 3 is 2.84 bits per heavy atom. The molecule has 0 spiro atoms. The van der Waals surface area contributed by atoms with E-state index in [0.29, 0.717) is 23.7 Å². The molecule has 2 N–H and O–H groups in total. The van der Waals surface area contributed by atoms with Crippen molar-refractivity contribution >= 4 is 29.3 Å². The van der Waals surface area contributed by atoms with Gasteiger partial charge in [0, 0.05) is 22.9 Å². The highest BCUT2D eigenvalue weighted by molar-refractivity contribution is 8.00. The molecule has 0 saturated carbocycles. The molecule has 0 saturated heterocycles. The second-order valence-electron chi connectivity index (χ2n) is 3.77. The molecule has 0 bridgehead atoms. The van der Waals surface area contributed by atoms with Gasteiger partial charge >= 0.3 is 0 Å². The van der Waals surface area contributed by atoms with Crippen molar-refractivity contribution in [2.45, 2.75) is 11.3 Å². The number of benzene rings is 1. The summed E-state index contributed by atoms with van der Waals surface area (Å²) in [6, 6.07) is 7.42. The lowest BCUT2D eigenvalue weighted by molar-refractivity contribution is -0.118. The average molecular weight is 297 g/mol. The second kappa shape index (κ2) is 7.16. The topological polar surface area (TPSA) is 70.7 Å². The van der Waals surface area contributed by atoms with Gasteiger partial charge in [-0.1, -0.05) is 11.6 Å². The van der Waals surface area contributed by atoms with Crippen molar-refractivity contribution in [2.24, 2.45) is 0 Å². The Balaban J connectivity index is 1.65. The molecule has 0 aliphatic carbocycles. The average Bonchev–Trinajstić information content (AvgIpc) is 2.91. The van der Waals surface area contributed by atoms with Crippen molar-refractivity contribution < 1.29 is 4.79 Å². The van der Waals surface area contributed by atoms with Crippen molar-refractivity contribution in [3.05, 3.63) is 41.4 Å². The Bertz CT molecular complexity index is 515. The Morgan fingerprint density at radius 2 is 2.16 bits per heavy atom. The first-order chi connectivity index (χ1) is 9.24. The van der Waals surface area contributed by atoms with E-state index in [-0.39, 0.29) is 5.91 Å². The summed E-state index contributed by atoms with van der Waals surface area (Å²) >= 11 is 7.27. The molecule has 2 aromatic rings. The van der Waals surface area contributed by atoms with Gasteiger partial charge < -0.3 is 5.32 Å². The Hall–Kier alpha value is -1.53. The minimum Gasteiger partial charge on any atom is -0.355 e. The molecule has 1 aromatic carbocycles. The Morgan fingerprint density at radius 1 is 1.37 bits per heavy atom. The first-order valence-electron chi connectivity index (χ1n) is 5.73. The van der Waals surface area contributed by atoms with Crippen LogP contribution >= 0.6 is 23.4 Å². The van der Waals surface area contributed by atoms with E-state index >= 15 is 0 Å². The number of rotatable bonds is 6.